The van der Waals surface area contributed by atoms with Crippen LogP contribution >= 0.6 is 11.8 Å². The molecule has 1 spiro atoms. The minimum Gasteiger partial charge on any atom is -0.497 e. The first-order valence-electron chi connectivity index (χ1n) is 12.0. The fraction of sp³-hybridized carbons (Fsp3) is 0.577. The van der Waals surface area contributed by atoms with Crippen LogP contribution in [0.1, 0.15) is 33.6 Å². The number of rotatable bonds is 9. The highest BCUT2D eigenvalue weighted by molar-refractivity contribution is 8.02. The Morgan fingerprint density at radius 1 is 1.34 bits per heavy atom. The van der Waals surface area contributed by atoms with E-state index in [1.165, 1.54) is 4.90 Å². The minimum atomic E-state index is -0.824. The number of hydrogen-bond donors (Lipinski definition) is 1. The number of fused-ring (bicyclic) bond motifs is 1. The number of ether oxygens (including phenoxy) is 2. The molecule has 3 aliphatic heterocycles. The Balaban J connectivity index is 1.80. The van der Waals surface area contributed by atoms with Crippen LogP contribution in [0.4, 0.5) is 5.69 Å². The number of amides is 2. The molecule has 2 bridgehead atoms. The van der Waals surface area contributed by atoms with Crippen molar-refractivity contribution in [2.75, 3.05) is 31.8 Å². The van der Waals surface area contributed by atoms with Crippen LogP contribution in [-0.4, -0.2) is 76.2 Å². The van der Waals surface area contributed by atoms with Gasteiger partial charge in [0, 0.05) is 17.0 Å². The quantitative estimate of drug-likeness (QED) is 0.410. The molecule has 0 radical (unpaired) electrons. The van der Waals surface area contributed by atoms with Crippen molar-refractivity contribution < 1.29 is 29.0 Å². The lowest BCUT2D eigenvalue weighted by atomic mass is 9.66. The van der Waals surface area contributed by atoms with Crippen molar-refractivity contribution in [1.29, 1.82) is 0 Å². The molecule has 190 valence electrons. The molecule has 3 fully saturated rings. The molecule has 0 saturated carbocycles. The number of carbonyl (C=O) groups excluding carboxylic acids is 3. The number of hydrogen-bond acceptors (Lipinski definition) is 7. The third-order valence-corrected chi connectivity index (χ3v) is 9.68. The van der Waals surface area contributed by atoms with Gasteiger partial charge in [0.05, 0.1) is 42.9 Å². The van der Waals surface area contributed by atoms with Crippen molar-refractivity contribution in [3.05, 3.63) is 36.9 Å². The van der Waals surface area contributed by atoms with E-state index in [2.05, 4.69) is 6.58 Å². The summed E-state index contributed by atoms with van der Waals surface area (Å²) in [5.74, 6) is -1.52. The first-order valence-corrected chi connectivity index (χ1v) is 12.9. The molecular weight excluding hydrogens is 468 g/mol. The van der Waals surface area contributed by atoms with Crippen LogP contribution in [0, 0.1) is 11.8 Å². The van der Waals surface area contributed by atoms with Gasteiger partial charge in [-0.2, -0.15) is 0 Å². The summed E-state index contributed by atoms with van der Waals surface area (Å²) in [6.45, 7) is 9.52. The number of aliphatic hydroxyl groups is 1. The minimum absolute atomic E-state index is 0.230. The first kappa shape index (κ1) is 25.6. The lowest BCUT2D eigenvalue weighted by Gasteiger charge is -2.38. The Bertz CT molecular complexity index is 1020. The number of thioether (sulfide) groups is 1. The molecule has 8 nitrogen and oxygen atoms in total. The Labute approximate surface area is 210 Å². The molecule has 35 heavy (non-hydrogen) atoms. The maximum atomic E-state index is 14.3. The van der Waals surface area contributed by atoms with Gasteiger partial charge in [0.2, 0.25) is 5.91 Å². The molecule has 3 heterocycles. The van der Waals surface area contributed by atoms with Crippen LogP contribution < -0.4 is 9.64 Å². The zero-order chi connectivity index (χ0) is 25.5. The Morgan fingerprint density at radius 2 is 2.03 bits per heavy atom. The van der Waals surface area contributed by atoms with Gasteiger partial charge in [-0.1, -0.05) is 6.08 Å². The molecule has 0 aliphatic carbocycles. The summed E-state index contributed by atoms with van der Waals surface area (Å²) < 4.78 is 9.40. The SMILES string of the molecule is C=CCN(C(=O)C1N([C@H](C)CO)C(=O)[C@@H]2[C@H](C(=O)OCC)[C@]3(C)CCC12S3)c1ccc(OC)cc1. The predicted molar refractivity (Wildman–Crippen MR) is 134 cm³/mol. The van der Waals surface area contributed by atoms with Crippen LogP contribution in [0.5, 0.6) is 5.75 Å². The number of esters is 1. The number of methoxy groups -OCH3 is 1. The van der Waals surface area contributed by atoms with Gasteiger partial charge in [0.25, 0.3) is 5.91 Å². The molecule has 6 atom stereocenters. The largest absolute Gasteiger partial charge is 0.497 e. The van der Waals surface area contributed by atoms with Gasteiger partial charge in [-0.15, -0.1) is 18.3 Å². The second kappa shape index (κ2) is 9.50. The molecule has 0 aromatic heterocycles. The van der Waals surface area contributed by atoms with Gasteiger partial charge < -0.3 is 24.4 Å². The van der Waals surface area contributed by atoms with E-state index >= 15 is 0 Å². The summed E-state index contributed by atoms with van der Waals surface area (Å²) in [5, 5.41) is 10.0. The predicted octanol–water partition coefficient (Wildman–Crippen LogP) is 2.64. The normalized spacial score (nSPS) is 31.7. The Morgan fingerprint density at radius 3 is 2.60 bits per heavy atom. The average molecular weight is 503 g/mol. The fourth-order valence-electron chi connectivity index (χ4n) is 6.16. The first-order chi connectivity index (χ1) is 16.7. The lowest BCUT2D eigenvalue weighted by Crippen LogP contribution is -2.57. The summed E-state index contributed by atoms with van der Waals surface area (Å²) in [4.78, 5) is 44.5. The fourth-order valence-corrected chi connectivity index (χ4v) is 8.48. The molecule has 3 aliphatic rings. The van der Waals surface area contributed by atoms with Gasteiger partial charge in [-0.3, -0.25) is 14.4 Å². The second-order valence-corrected chi connectivity index (χ2v) is 11.6. The summed E-state index contributed by atoms with van der Waals surface area (Å²) in [7, 11) is 1.58. The van der Waals surface area contributed by atoms with Crippen LogP contribution in [0.2, 0.25) is 0 Å². The van der Waals surface area contributed by atoms with E-state index in [1.54, 1.807) is 68.0 Å². The van der Waals surface area contributed by atoms with Crippen LogP contribution in [0.3, 0.4) is 0 Å². The molecule has 1 N–H and O–H groups in total. The zero-order valence-electron chi connectivity index (χ0n) is 20.7. The summed E-state index contributed by atoms with van der Waals surface area (Å²) in [6, 6.07) is 5.76. The standard InChI is InChI=1S/C26H34N2O6S/c1-6-14-27(17-8-10-18(33-5)11-9-17)23(31)21-26-13-12-25(4,35-26)20(24(32)34-7-2)19(26)22(30)28(21)16(3)15-29/h6,8-11,16,19-21,29H,1,7,12-15H2,2-5H3/t16-,19+,20-,21?,25+,26?/m1/s1. The number of nitrogens with zero attached hydrogens (tertiary/aromatic N) is 2. The van der Waals surface area contributed by atoms with Crippen molar-refractivity contribution in [2.24, 2.45) is 11.8 Å². The van der Waals surface area contributed by atoms with Gasteiger partial charge in [0.15, 0.2) is 0 Å². The van der Waals surface area contributed by atoms with Crippen molar-refractivity contribution in [3.63, 3.8) is 0 Å². The van der Waals surface area contributed by atoms with E-state index in [9.17, 15) is 19.5 Å². The maximum absolute atomic E-state index is 14.3. The van der Waals surface area contributed by atoms with Crippen molar-refractivity contribution >= 4 is 35.2 Å². The molecule has 2 amide bonds. The van der Waals surface area contributed by atoms with Gasteiger partial charge in [-0.25, -0.2) is 0 Å². The van der Waals surface area contributed by atoms with Crippen LogP contribution in [0.15, 0.2) is 36.9 Å². The lowest BCUT2D eigenvalue weighted by molar-refractivity contribution is -0.155. The Hall–Kier alpha value is -2.52. The van der Waals surface area contributed by atoms with Crippen molar-refractivity contribution in [2.45, 2.75) is 55.2 Å². The number of anilines is 1. The number of likely N-dealkylation sites (tertiary alicyclic amines) is 1. The van der Waals surface area contributed by atoms with Crippen LogP contribution in [0.25, 0.3) is 0 Å². The molecule has 3 saturated heterocycles. The van der Waals surface area contributed by atoms with Gasteiger partial charge in [0.1, 0.15) is 11.8 Å². The van der Waals surface area contributed by atoms with E-state index in [4.69, 9.17) is 9.47 Å². The maximum Gasteiger partial charge on any atom is 0.311 e. The molecule has 1 aromatic rings. The van der Waals surface area contributed by atoms with Crippen molar-refractivity contribution in [1.82, 2.24) is 4.90 Å². The van der Waals surface area contributed by atoms with E-state index in [0.29, 0.717) is 24.3 Å². The zero-order valence-corrected chi connectivity index (χ0v) is 21.5. The van der Waals surface area contributed by atoms with Crippen LogP contribution in [-0.2, 0) is 19.1 Å². The summed E-state index contributed by atoms with van der Waals surface area (Å²) >= 11 is 1.58. The second-order valence-electron chi connectivity index (χ2n) is 9.69. The molecular formula is C26H34N2O6S. The van der Waals surface area contributed by atoms with E-state index < -0.39 is 33.4 Å². The summed E-state index contributed by atoms with van der Waals surface area (Å²) in [6.07, 6.45) is 2.99. The van der Waals surface area contributed by atoms with E-state index in [-0.39, 0.29) is 37.5 Å². The third-order valence-electron chi connectivity index (χ3n) is 7.69. The van der Waals surface area contributed by atoms with E-state index in [0.717, 1.165) is 0 Å². The average Bonchev–Trinajstić information content (AvgIpc) is 3.42. The monoisotopic (exact) mass is 502 g/mol. The topological polar surface area (TPSA) is 96.4 Å². The summed E-state index contributed by atoms with van der Waals surface area (Å²) in [5.41, 5.74) is 0.658. The van der Waals surface area contributed by atoms with Gasteiger partial charge >= 0.3 is 5.97 Å². The highest BCUT2D eigenvalue weighted by atomic mass is 32.2. The highest BCUT2D eigenvalue weighted by Crippen LogP contribution is 2.71. The smallest absolute Gasteiger partial charge is 0.311 e. The number of carbonyl (C=O) groups is 3. The van der Waals surface area contributed by atoms with Crippen molar-refractivity contribution in [3.8, 4) is 5.75 Å². The molecule has 9 heteroatoms. The molecule has 2 unspecified atom stereocenters. The number of benzene rings is 1. The Kier molecular flexibility index (Phi) is 6.94. The van der Waals surface area contributed by atoms with E-state index in [1.807, 2.05) is 6.92 Å². The molecule has 4 rings (SSSR count). The third kappa shape index (κ3) is 3.83. The highest BCUT2D eigenvalue weighted by Gasteiger charge is 2.78. The number of aliphatic hydroxyl groups excluding tert-OH is 1. The van der Waals surface area contributed by atoms with Gasteiger partial charge in [-0.05, 0) is 57.9 Å². The molecule has 1 aromatic carbocycles.